The quantitative estimate of drug-likeness (QED) is 0.621. The van der Waals surface area contributed by atoms with Crippen LogP contribution in [-0.2, 0) is 6.42 Å². The van der Waals surface area contributed by atoms with Crippen LogP contribution in [0.4, 0.5) is 14.7 Å². The largest absolute Gasteiger partial charge is 0.494 e. The Morgan fingerprint density at radius 2 is 1.84 bits per heavy atom. The number of para-hydroxylation sites is 1. The summed E-state index contributed by atoms with van der Waals surface area (Å²) in [5.41, 5.74) is 7.77. The number of rotatable bonds is 3. The summed E-state index contributed by atoms with van der Waals surface area (Å²) in [6.07, 6.45) is 0.0189. The van der Waals surface area contributed by atoms with Crippen molar-refractivity contribution >= 4 is 22.4 Å². The predicted octanol–water partition coefficient (Wildman–Crippen LogP) is 3.34. The number of hydrogen-bond acceptors (Lipinski definition) is 4. The average molecular weight is 340 g/mol. The van der Waals surface area contributed by atoms with Gasteiger partial charge in [0, 0.05) is 17.4 Å². The Bertz CT molecular complexity index is 1090. The fraction of sp³-hybridized carbons (Fsp3) is 0.111. The van der Waals surface area contributed by atoms with E-state index in [1.165, 1.54) is 22.7 Å². The van der Waals surface area contributed by atoms with Gasteiger partial charge in [-0.2, -0.15) is 9.61 Å². The van der Waals surface area contributed by atoms with Crippen LogP contribution in [0, 0.1) is 11.6 Å². The summed E-state index contributed by atoms with van der Waals surface area (Å²) in [5.74, 6) is -0.439. The zero-order valence-electron chi connectivity index (χ0n) is 13.3. The molecule has 0 bridgehead atoms. The van der Waals surface area contributed by atoms with Crippen LogP contribution in [-0.4, -0.2) is 21.7 Å². The first-order valence-electron chi connectivity index (χ1n) is 7.62. The van der Waals surface area contributed by atoms with Crippen LogP contribution < -0.4 is 10.5 Å². The standard InChI is InChI=1S/C18H14F2N4O/c1-25-16-7-2-4-11-15-9-10(23-24(15)18(21)22-17(11)16)8-12-13(19)5-3-6-14(12)20/h2-7,9H,8H2,1H3,(H2,21,22). The second-order valence-electron chi connectivity index (χ2n) is 5.64. The van der Waals surface area contributed by atoms with Crippen LogP contribution >= 0.6 is 0 Å². The number of anilines is 1. The lowest BCUT2D eigenvalue weighted by Crippen LogP contribution is -2.04. The highest BCUT2D eigenvalue weighted by Crippen LogP contribution is 2.29. The van der Waals surface area contributed by atoms with Gasteiger partial charge in [-0.3, -0.25) is 0 Å². The number of fused-ring (bicyclic) bond motifs is 3. The van der Waals surface area contributed by atoms with Crippen LogP contribution in [0.1, 0.15) is 11.3 Å². The molecule has 126 valence electrons. The van der Waals surface area contributed by atoms with Crippen LogP contribution in [0.25, 0.3) is 16.4 Å². The van der Waals surface area contributed by atoms with Crippen molar-refractivity contribution in [3.8, 4) is 5.75 Å². The molecule has 2 aromatic heterocycles. The van der Waals surface area contributed by atoms with Crippen molar-refractivity contribution in [3.63, 3.8) is 0 Å². The number of nitrogens with two attached hydrogens (primary N) is 1. The smallest absolute Gasteiger partial charge is 0.222 e. The summed E-state index contributed by atoms with van der Waals surface area (Å²) in [6, 6.07) is 11.0. The van der Waals surface area contributed by atoms with Crippen molar-refractivity contribution in [1.29, 1.82) is 0 Å². The minimum atomic E-state index is -0.602. The molecule has 5 nitrogen and oxygen atoms in total. The van der Waals surface area contributed by atoms with Gasteiger partial charge in [0.2, 0.25) is 5.95 Å². The first kappa shape index (κ1) is 15.3. The molecule has 0 unspecified atom stereocenters. The second kappa shape index (κ2) is 5.70. The number of benzene rings is 2. The van der Waals surface area contributed by atoms with Crippen molar-refractivity contribution in [1.82, 2.24) is 14.6 Å². The summed E-state index contributed by atoms with van der Waals surface area (Å²) in [7, 11) is 1.56. The lowest BCUT2D eigenvalue weighted by Gasteiger charge is -2.07. The zero-order chi connectivity index (χ0) is 17.6. The fourth-order valence-corrected chi connectivity index (χ4v) is 2.94. The topological polar surface area (TPSA) is 65.4 Å². The Kier molecular flexibility index (Phi) is 3.49. The van der Waals surface area contributed by atoms with Gasteiger partial charge >= 0.3 is 0 Å². The zero-order valence-corrected chi connectivity index (χ0v) is 13.3. The lowest BCUT2D eigenvalue weighted by molar-refractivity contribution is 0.419. The normalized spacial score (nSPS) is 11.3. The molecule has 0 saturated heterocycles. The van der Waals surface area contributed by atoms with Crippen molar-refractivity contribution < 1.29 is 13.5 Å². The number of ether oxygens (including phenoxy) is 1. The van der Waals surface area contributed by atoms with E-state index >= 15 is 0 Å². The van der Waals surface area contributed by atoms with Crippen molar-refractivity contribution in [2.24, 2.45) is 0 Å². The SMILES string of the molecule is COc1cccc2c1nc(N)n1nc(Cc3c(F)cccc3F)cc21. The molecule has 0 aliphatic carbocycles. The van der Waals surface area contributed by atoms with Crippen LogP contribution in [0.5, 0.6) is 5.75 Å². The second-order valence-corrected chi connectivity index (χ2v) is 5.64. The van der Waals surface area contributed by atoms with E-state index in [0.717, 1.165) is 5.39 Å². The highest BCUT2D eigenvalue weighted by Gasteiger charge is 2.15. The molecule has 7 heteroatoms. The van der Waals surface area contributed by atoms with Gasteiger partial charge < -0.3 is 10.5 Å². The summed E-state index contributed by atoms with van der Waals surface area (Å²) < 4.78 is 34.6. The molecule has 4 rings (SSSR count). The maximum Gasteiger partial charge on any atom is 0.222 e. The molecule has 0 aliphatic rings. The summed E-state index contributed by atoms with van der Waals surface area (Å²) in [6.45, 7) is 0. The molecule has 4 aromatic rings. The van der Waals surface area contributed by atoms with E-state index in [4.69, 9.17) is 10.5 Å². The van der Waals surface area contributed by atoms with E-state index in [9.17, 15) is 8.78 Å². The Morgan fingerprint density at radius 1 is 1.12 bits per heavy atom. The Labute approximate surface area is 141 Å². The van der Waals surface area contributed by atoms with Gasteiger partial charge in [-0.15, -0.1) is 0 Å². The maximum absolute atomic E-state index is 13.9. The molecule has 0 fully saturated rings. The summed E-state index contributed by atoms with van der Waals surface area (Å²) >= 11 is 0. The molecular weight excluding hydrogens is 326 g/mol. The van der Waals surface area contributed by atoms with Gasteiger partial charge in [-0.25, -0.2) is 13.8 Å². The lowest BCUT2D eigenvalue weighted by atomic mass is 10.1. The van der Waals surface area contributed by atoms with Gasteiger partial charge in [-0.1, -0.05) is 18.2 Å². The van der Waals surface area contributed by atoms with Gasteiger partial charge in [0.05, 0.1) is 18.3 Å². The molecule has 0 amide bonds. The maximum atomic E-state index is 13.9. The third kappa shape index (κ3) is 2.44. The van der Waals surface area contributed by atoms with Crippen molar-refractivity contribution in [2.75, 3.05) is 12.8 Å². The number of halogens is 2. The van der Waals surface area contributed by atoms with Crippen LogP contribution in [0.15, 0.2) is 42.5 Å². The van der Waals surface area contributed by atoms with E-state index in [1.807, 2.05) is 12.1 Å². The highest BCUT2D eigenvalue weighted by molar-refractivity contribution is 5.97. The molecular formula is C18H14F2N4O. The Balaban J connectivity index is 1.91. The molecule has 0 radical (unpaired) electrons. The molecule has 25 heavy (non-hydrogen) atoms. The summed E-state index contributed by atoms with van der Waals surface area (Å²) in [5, 5.41) is 5.14. The average Bonchev–Trinajstić information content (AvgIpc) is 3.03. The first-order valence-corrected chi connectivity index (χ1v) is 7.62. The number of hydrogen-bond donors (Lipinski definition) is 1. The third-order valence-corrected chi connectivity index (χ3v) is 4.12. The number of methoxy groups -OCH3 is 1. The first-order chi connectivity index (χ1) is 12.1. The van der Waals surface area contributed by atoms with Crippen LogP contribution in [0.3, 0.4) is 0 Å². The molecule has 2 aromatic carbocycles. The molecule has 0 saturated carbocycles. The minimum absolute atomic E-state index is 0.0189. The Hall–Kier alpha value is -3.22. The molecule has 2 N–H and O–H groups in total. The van der Waals surface area contributed by atoms with E-state index in [-0.39, 0.29) is 17.9 Å². The minimum Gasteiger partial charge on any atom is -0.494 e. The third-order valence-electron chi connectivity index (χ3n) is 4.12. The van der Waals surface area contributed by atoms with Gasteiger partial charge in [-0.05, 0) is 24.3 Å². The summed E-state index contributed by atoms with van der Waals surface area (Å²) in [4.78, 5) is 4.34. The van der Waals surface area contributed by atoms with Crippen molar-refractivity contribution in [3.05, 3.63) is 65.4 Å². The molecule has 0 atom stereocenters. The van der Waals surface area contributed by atoms with E-state index in [0.29, 0.717) is 22.5 Å². The van der Waals surface area contributed by atoms with Gasteiger partial charge in [0.25, 0.3) is 0 Å². The van der Waals surface area contributed by atoms with E-state index < -0.39 is 11.6 Å². The predicted molar refractivity (Wildman–Crippen MR) is 90.6 cm³/mol. The number of nitrogens with zero attached hydrogens (tertiary/aromatic N) is 3. The van der Waals surface area contributed by atoms with Gasteiger partial charge in [0.15, 0.2) is 0 Å². The Morgan fingerprint density at radius 3 is 2.56 bits per heavy atom. The van der Waals surface area contributed by atoms with Gasteiger partial charge in [0.1, 0.15) is 22.9 Å². The van der Waals surface area contributed by atoms with Crippen LogP contribution in [0.2, 0.25) is 0 Å². The van der Waals surface area contributed by atoms with E-state index in [2.05, 4.69) is 10.1 Å². The number of nitrogen functional groups attached to an aromatic ring is 1. The number of aromatic nitrogens is 3. The van der Waals surface area contributed by atoms with Crippen molar-refractivity contribution in [2.45, 2.75) is 6.42 Å². The van der Waals surface area contributed by atoms with E-state index in [1.54, 1.807) is 19.2 Å². The monoisotopic (exact) mass is 340 g/mol. The molecule has 2 heterocycles. The fourth-order valence-electron chi connectivity index (χ4n) is 2.94. The molecule has 0 spiro atoms. The molecule has 0 aliphatic heterocycles. The highest BCUT2D eigenvalue weighted by atomic mass is 19.1.